The zero-order chi connectivity index (χ0) is 37.9. The lowest BCUT2D eigenvalue weighted by Gasteiger charge is -2.51. The van der Waals surface area contributed by atoms with Gasteiger partial charge in [0.05, 0.1) is 22.7 Å². The number of carbonyl (C=O) groups is 3. The van der Waals surface area contributed by atoms with Gasteiger partial charge in [0.1, 0.15) is 5.75 Å². The summed E-state index contributed by atoms with van der Waals surface area (Å²) in [4.78, 5) is 46.7. The topological polar surface area (TPSA) is 126 Å². The maximum Gasteiger partial charge on any atom is 0.417 e. The van der Waals surface area contributed by atoms with Crippen LogP contribution < -0.4 is 10.5 Å². The molecule has 15 heteroatoms. The average Bonchev–Trinajstić information content (AvgIpc) is 3.11. The first-order valence-corrected chi connectivity index (χ1v) is 17.1. The molecule has 1 aromatic heterocycles. The summed E-state index contributed by atoms with van der Waals surface area (Å²) in [6, 6.07) is 10.6. The van der Waals surface area contributed by atoms with Gasteiger partial charge in [-0.1, -0.05) is 37.6 Å². The van der Waals surface area contributed by atoms with Crippen molar-refractivity contribution < 1.29 is 50.6 Å². The molecule has 5 rings (SSSR count). The highest BCUT2D eigenvalue weighted by Gasteiger charge is 2.56. The van der Waals surface area contributed by atoms with Gasteiger partial charge in [-0.3, -0.25) is 19.4 Å². The molecule has 0 saturated carbocycles. The molecule has 2 atom stereocenters. The summed E-state index contributed by atoms with van der Waals surface area (Å²) in [5.41, 5.74) is 2.84. The van der Waals surface area contributed by atoms with Crippen molar-refractivity contribution in [2.75, 3.05) is 19.6 Å². The molecule has 2 fully saturated rings. The fraction of sp³-hybridized carbons (Fsp3) is 0.459. The van der Waals surface area contributed by atoms with Crippen molar-refractivity contribution in [1.29, 1.82) is 0 Å². The van der Waals surface area contributed by atoms with Crippen molar-refractivity contribution in [1.82, 2.24) is 14.8 Å². The fourth-order valence-corrected chi connectivity index (χ4v) is 7.40. The molecule has 0 unspecified atom stereocenters. The smallest absolute Gasteiger partial charge is 0.417 e. The van der Waals surface area contributed by atoms with Crippen molar-refractivity contribution in [2.45, 2.75) is 87.8 Å². The van der Waals surface area contributed by atoms with E-state index in [0.717, 1.165) is 47.8 Å². The fourth-order valence-electron chi connectivity index (χ4n) is 7.40. The molecular weight excluding hydrogens is 694 g/mol. The number of carbonyl (C=O) groups excluding carboxylic acids is 2. The van der Waals surface area contributed by atoms with Gasteiger partial charge in [-0.25, -0.2) is 0 Å². The molecule has 0 radical (unpaired) electrons. The molecule has 2 saturated heterocycles. The number of halogens is 6. The van der Waals surface area contributed by atoms with Crippen LogP contribution in [0.15, 0.2) is 67.0 Å². The number of nitrogens with two attached hydrogens (primary N) is 1. The highest BCUT2D eigenvalue weighted by atomic mass is 19.4. The summed E-state index contributed by atoms with van der Waals surface area (Å²) in [6.07, 6.45) is -6.36. The molecule has 0 aliphatic carbocycles. The number of rotatable bonds is 10. The zero-order valence-corrected chi connectivity index (χ0v) is 28.5. The number of carboxylic acid groups (broad SMARTS) is 1. The quantitative estimate of drug-likeness (QED) is 0.219. The van der Waals surface area contributed by atoms with Crippen LogP contribution in [0.5, 0.6) is 5.75 Å². The number of aliphatic carboxylic acids is 1. The maximum absolute atomic E-state index is 14.9. The maximum atomic E-state index is 14.9. The van der Waals surface area contributed by atoms with Crippen LogP contribution in [-0.2, 0) is 33.9 Å². The number of pyridine rings is 1. The van der Waals surface area contributed by atoms with Crippen LogP contribution in [0.1, 0.15) is 84.5 Å². The number of hydrogen-bond donors (Lipinski definition) is 2. The number of aryl methyl sites for hydroxylation is 1. The van der Waals surface area contributed by atoms with Crippen LogP contribution in [0.2, 0.25) is 0 Å². The van der Waals surface area contributed by atoms with Crippen molar-refractivity contribution >= 4 is 17.8 Å². The number of carboxylic acids is 1. The summed E-state index contributed by atoms with van der Waals surface area (Å²) in [5, 5.41) is 9.25. The summed E-state index contributed by atoms with van der Waals surface area (Å²) < 4.78 is 88.8. The molecule has 9 nitrogen and oxygen atoms in total. The Hall–Kier alpha value is -4.66. The molecule has 280 valence electrons. The SMILES string of the molecule is CCC[C@H]1N(C(=O)c2cnccc2C(F)(F)F)CCC[C@@]1(Oc1ccc(C(F)(F)F)cc1)C(=O)N1CCC(N)(c2ccccc2CCC(=O)O)CC1. The largest absolute Gasteiger partial charge is 0.481 e. The van der Waals surface area contributed by atoms with Gasteiger partial charge in [0.2, 0.25) is 5.60 Å². The minimum absolute atomic E-state index is 0.000130. The second-order valence-corrected chi connectivity index (χ2v) is 13.3. The third kappa shape index (κ3) is 8.03. The Labute approximate surface area is 296 Å². The summed E-state index contributed by atoms with van der Waals surface area (Å²) >= 11 is 0. The first-order valence-electron chi connectivity index (χ1n) is 17.1. The van der Waals surface area contributed by atoms with Gasteiger partial charge in [0.15, 0.2) is 0 Å². The van der Waals surface area contributed by atoms with Crippen molar-refractivity contribution in [3.8, 4) is 5.75 Å². The molecule has 0 bridgehead atoms. The number of nitrogens with zero attached hydrogens (tertiary/aromatic N) is 3. The van der Waals surface area contributed by atoms with Gasteiger partial charge < -0.3 is 25.4 Å². The van der Waals surface area contributed by atoms with E-state index < -0.39 is 64.0 Å². The lowest BCUT2D eigenvalue weighted by Crippen LogP contribution is -2.69. The molecule has 2 aromatic carbocycles. The van der Waals surface area contributed by atoms with Crippen molar-refractivity contribution in [3.05, 3.63) is 94.8 Å². The Kier molecular flexibility index (Phi) is 11.2. The Morgan fingerprint density at radius 1 is 0.942 bits per heavy atom. The van der Waals surface area contributed by atoms with Crippen molar-refractivity contribution in [2.24, 2.45) is 5.73 Å². The number of likely N-dealkylation sites (tertiary alicyclic amines) is 2. The van der Waals surface area contributed by atoms with Gasteiger partial charge in [-0.05, 0) is 73.6 Å². The number of ether oxygens (including phenoxy) is 1. The van der Waals surface area contributed by atoms with E-state index in [1.54, 1.807) is 19.1 Å². The van der Waals surface area contributed by atoms with Gasteiger partial charge in [0.25, 0.3) is 11.8 Å². The lowest BCUT2D eigenvalue weighted by atomic mass is 9.76. The molecular formula is C37H40F6N4O5. The van der Waals surface area contributed by atoms with Crippen LogP contribution in [0.4, 0.5) is 26.3 Å². The van der Waals surface area contributed by atoms with E-state index in [1.165, 1.54) is 9.80 Å². The Morgan fingerprint density at radius 2 is 1.62 bits per heavy atom. The molecule has 0 spiro atoms. The van der Waals surface area contributed by atoms with Crippen LogP contribution in [0, 0.1) is 0 Å². The van der Waals surface area contributed by atoms with Crippen LogP contribution in [0.3, 0.4) is 0 Å². The first kappa shape index (κ1) is 38.6. The molecule has 52 heavy (non-hydrogen) atoms. The number of benzene rings is 2. The van der Waals surface area contributed by atoms with Gasteiger partial charge >= 0.3 is 18.3 Å². The highest BCUT2D eigenvalue weighted by molar-refractivity contribution is 5.97. The standard InChI is InChI=1S/C37H40F6N4O5/c1-2-6-30-35(52-26-12-10-25(11-13-26)36(38,39)40,16-5-20-47(30)32(50)27-23-45-19-15-29(27)37(41,42)43)33(51)46-21-17-34(44,18-22-46)28-8-4-3-7-24(28)9-14-31(48)49/h3-4,7-8,10-13,15,19,23,30H,2,5-6,9,14,16-18,20-22,44H2,1H3,(H,48,49)/t30-,35+/m1/s1. The van der Waals surface area contributed by atoms with E-state index >= 15 is 0 Å². The van der Waals surface area contributed by atoms with E-state index in [1.807, 2.05) is 12.1 Å². The lowest BCUT2D eigenvalue weighted by molar-refractivity contribution is -0.161. The summed E-state index contributed by atoms with van der Waals surface area (Å²) in [7, 11) is 0. The molecule has 3 N–H and O–H groups in total. The zero-order valence-electron chi connectivity index (χ0n) is 28.5. The first-order chi connectivity index (χ1) is 24.5. The molecule has 2 amide bonds. The van der Waals surface area contributed by atoms with Gasteiger partial charge in [-0.2, -0.15) is 26.3 Å². The predicted octanol–water partition coefficient (Wildman–Crippen LogP) is 6.84. The van der Waals surface area contributed by atoms with E-state index in [4.69, 9.17) is 10.5 Å². The number of hydrogen-bond acceptors (Lipinski definition) is 6. The van der Waals surface area contributed by atoms with E-state index in [-0.39, 0.29) is 70.3 Å². The molecule has 2 aliphatic heterocycles. The Morgan fingerprint density at radius 3 is 2.23 bits per heavy atom. The second-order valence-electron chi connectivity index (χ2n) is 13.3. The predicted molar refractivity (Wildman–Crippen MR) is 177 cm³/mol. The monoisotopic (exact) mass is 734 g/mol. The van der Waals surface area contributed by atoms with Crippen LogP contribution >= 0.6 is 0 Å². The number of alkyl halides is 6. The average molecular weight is 735 g/mol. The van der Waals surface area contributed by atoms with Gasteiger partial charge in [-0.15, -0.1) is 0 Å². The minimum atomic E-state index is -4.87. The summed E-state index contributed by atoms with van der Waals surface area (Å²) in [5.74, 6) is -2.60. The number of amides is 2. The van der Waals surface area contributed by atoms with E-state index in [9.17, 15) is 45.8 Å². The third-order valence-corrected chi connectivity index (χ3v) is 9.99. The van der Waals surface area contributed by atoms with Crippen LogP contribution in [0.25, 0.3) is 0 Å². The molecule has 3 aromatic rings. The molecule has 3 heterocycles. The van der Waals surface area contributed by atoms with Crippen molar-refractivity contribution in [3.63, 3.8) is 0 Å². The minimum Gasteiger partial charge on any atom is -0.481 e. The third-order valence-electron chi connectivity index (χ3n) is 9.99. The second kappa shape index (κ2) is 15.1. The highest BCUT2D eigenvalue weighted by Crippen LogP contribution is 2.42. The van der Waals surface area contributed by atoms with E-state index in [0.29, 0.717) is 12.5 Å². The summed E-state index contributed by atoms with van der Waals surface area (Å²) in [6.45, 7) is 2.02. The Balaban J connectivity index is 1.52. The van der Waals surface area contributed by atoms with Gasteiger partial charge in [0, 0.05) is 50.4 Å². The number of piperidine rings is 2. The van der Waals surface area contributed by atoms with E-state index in [2.05, 4.69) is 4.98 Å². The van der Waals surface area contributed by atoms with Crippen LogP contribution in [-0.4, -0.2) is 69.0 Å². The number of aromatic nitrogens is 1. The normalized spacial score (nSPS) is 20.7. The molecule has 2 aliphatic rings. The Bertz CT molecular complexity index is 1760.